The summed E-state index contributed by atoms with van der Waals surface area (Å²) in [7, 11) is 0. The van der Waals surface area contributed by atoms with Crippen LogP contribution in [0.2, 0.25) is 0 Å². The van der Waals surface area contributed by atoms with E-state index in [1.807, 2.05) is 0 Å². The minimum Gasteiger partial charge on any atom is -0.381 e. The highest BCUT2D eigenvalue weighted by molar-refractivity contribution is 5.83. The summed E-state index contributed by atoms with van der Waals surface area (Å²) in [5.74, 6) is 0.689. The topological polar surface area (TPSA) is 64.4 Å². The van der Waals surface area contributed by atoms with Gasteiger partial charge in [0.15, 0.2) is 0 Å². The molecule has 1 rings (SSSR count). The fraction of sp³-hybridized carbons (Fsp3) is 0.938. The van der Waals surface area contributed by atoms with Gasteiger partial charge in [0.1, 0.15) is 0 Å². The van der Waals surface area contributed by atoms with Crippen molar-refractivity contribution in [2.75, 3.05) is 19.8 Å². The summed E-state index contributed by atoms with van der Waals surface area (Å²) in [6, 6.07) is 0.214. The third-order valence-electron chi connectivity index (χ3n) is 4.66. The lowest BCUT2D eigenvalue weighted by molar-refractivity contribution is -0.132. The van der Waals surface area contributed by atoms with Crippen molar-refractivity contribution in [2.45, 2.75) is 65.3 Å². The van der Waals surface area contributed by atoms with Crippen LogP contribution in [-0.4, -0.2) is 31.7 Å². The zero-order valence-electron chi connectivity index (χ0n) is 13.4. The minimum atomic E-state index is -0.372. The molecule has 1 heterocycles. The van der Waals surface area contributed by atoms with Gasteiger partial charge in [0.05, 0.1) is 5.41 Å². The second kappa shape index (κ2) is 8.63. The molecular formula is C16H32N2O2. The van der Waals surface area contributed by atoms with Crippen molar-refractivity contribution < 1.29 is 9.53 Å². The van der Waals surface area contributed by atoms with Crippen LogP contribution in [0.3, 0.4) is 0 Å². The standard InChI is InChI=1S/C16H32N2O2/c1-4-8-16(12-17,9-5-2)15(19)18-13(3)14-6-10-20-11-7-14/h13-14H,4-12,17H2,1-3H3,(H,18,19). The minimum absolute atomic E-state index is 0.155. The number of ether oxygens (including phenoxy) is 1. The zero-order chi connectivity index (χ0) is 15.0. The molecule has 118 valence electrons. The van der Waals surface area contributed by atoms with Crippen LogP contribution >= 0.6 is 0 Å². The molecule has 0 aromatic carbocycles. The fourth-order valence-electron chi connectivity index (χ4n) is 3.30. The molecule has 4 nitrogen and oxygen atoms in total. The average Bonchev–Trinajstić information content (AvgIpc) is 2.47. The molecule has 0 radical (unpaired) electrons. The smallest absolute Gasteiger partial charge is 0.227 e. The van der Waals surface area contributed by atoms with Crippen molar-refractivity contribution >= 4 is 5.91 Å². The van der Waals surface area contributed by atoms with E-state index < -0.39 is 0 Å². The number of carbonyl (C=O) groups is 1. The molecule has 20 heavy (non-hydrogen) atoms. The average molecular weight is 284 g/mol. The first-order valence-electron chi connectivity index (χ1n) is 8.18. The SMILES string of the molecule is CCCC(CN)(CCC)C(=O)NC(C)C1CCOCC1. The summed E-state index contributed by atoms with van der Waals surface area (Å²) in [6.07, 6.45) is 5.83. The van der Waals surface area contributed by atoms with Crippen LogP contribution in [0.4, 0.5) is 0 Å². The van der Waals surface area contributed by atoms with Gasteiger partial charge >= 0.3 is 0 Å². The quantitative estimate of drug-likeness (QED) is 0.719. The summed E-state index contributed by atoms with van der Waals surface area (Å²) in [5, 5.41) is 3.24. The van der Waals surface area contributed by atoms with Gasteiger partial charge in [-0.1, -0.05) is 26.7 Å². The Morgan fingerprint density at radius 2 is 1.85 bits per heavy atom. The Balaban J connectivity index is 2.64. The maximum atomic E-state index is 12.7. The van der Waals surface area contributed by atoms with Crippen LogP contribution in [0.1, 0.15) is 59.3 Å². The first-order chi connectivity index (χ1) is 9.59. The third kappa shape index (κ3) is 4.45. The van der Waals surface area contributed by atoms with Crippen molar-refractivity contribution in [3.63, 3.8) is 0 Å². The fourth-order valence-corrected chi connectivity index (χ4v) is 3.30. The normalized spacial score (nSPS) is 18.8. The summed E-state index contributed by atoms with van der Waals surface area (Å²) in [6.45, 7) is 8.44. The molecular weight excluding hydrogens is 252 g/mol. The molecule has 0 aromatic rings. The lowest BCUT2D eigenvalue weighted by Gasteiger charge is -2.35. The van der Waals surface area contributed by atoms with Gasteiger partial charge in [-0.3, -0.25) is 4.79 Å². The zero-order valence-corrected chi connectivity index (χ0v) is 13.4. The van der Waals surface area contributed by atoms with E-state index >= 15 is 0 Å². The van der Waals surface area contributed by atoms with Crippen molar-refractivity contribution in [3.8, 4) is 0 Å². The molecule has 1 unspecified atom stereocenters. The second-order valence-corrected chi connectivity index (χ2v) is 6.20. The number of carbonyl (C=O) groups excluding carboxylic acids is 1. The first-order valence-corrected chi connectivity index (χ1v) is 8.18. The van der Waals surface area contributed by atoms with Crippen LogP contribution in [0.15, 0.2) is 0 Å². The van der Waals surface area contributed by atoms with Crippen LogP contribution in [0.25, 0.3) is 0 Å². The number of amides is 1. The molecule has 1 amide bonds. The summed E-state index contributed by atoms with van der Waals surface area (Å²) in [5.41, 5.74) is 5.58. The number of nitrogens with one attached hydrogen (secondary N) is 1. The van der Waals surface area contributed by atoms with E-state index in [0.717, 1.165) is 51.7 Å². The molecule has 3 N–H and O–H groups in total. The van der Waals surface area contributed by atoms with E-state index in [1.54, 1.807) is 0 Å². The summed E-state index contributed by atoms with van der Waals surface area (Å²) >= 11 is 0. The predicted molar refractivity (Wildman–Crippen MR) is 82.5 cm³/mol. The number of rotatable bonds is 8. The summed E-state index contributed by atoms with van der Waals surface area (Å²) in [4.78, 5) is 12.7. The molecule has 1 aliphatic rings. The molecule has 4 heteroatoms. The van der Waals surface area contributed by atoms with Gasteiger partial charge in [0.25, 0.3) is 0 Å². The first kappa shape index (κ1) is 17.4. The monoisotopic (exact) mass is 284 g/mol. The van der Waals surface area contributed by atoms with Crippen molar-refractivity contribution in [3.05, 3.63) is 0 Å². The van der Waals surface area contributed by atoms with E-state index in [1.165, 1.54) is 0 Å². The molecule has 0 aliphatic carbocycles. The Kier molecular flexibility index (Phi) is 7.52. The lowest BCUT2D eigenvalue weighted by atomic mass is 9.78. The highest BCUT2D eigenvalue weighted by atomic mass is 16.5. The van der Waals surface area contributed by atoms with Gasteiger partial charge in [-0.05, 0) is 38.5 Å². The molecule has 0 saturated carbocycles. The van der Waals surface area contributed by atoms with E-state index in [0.29, 0.717) is 12.5 Å². The Bertz CT molecular complexity index is 282. The Morgan fingerprint density at radius 1 is 1.30 bits per heavy atom. The molecule has 0 spiro atoms. The molecule has 1 aliphatic heterocycles. The third-order valence-corrected chi connectivity index (χ3v) is 4.66. The van der Waals surface area contributed by atoms with E-state index in [4.69, 9.17) is 10.5 Å². The van der Waals surface area contributed by atoms with Crippen molar-refractivity contribution in [1.29, 1.82) is 0 Å². The molecule has 0 aromatic heterocycles. The van der Waals surface area contributed by atoms with Gasteiger partial charge in [-0.25, -0.2) is 0 Å². The maximum absolute atomic E-state index is 12.7. The second-order valence-electron chi connectivity index (χ2n) is 6.20. The molecule has 1 saturated heterocycles. The van der Waals surface area contributed by atoms with Crippen molar-refractivity contribution in [2.24, 2.45) is 17.1 Å². The number of hydrogen-bond acceptors (Lipinski definition) is 3. The molecule has 1 fully saturated rings. The van der Waals surface area contributed by atoms with Gasteiger partial charge in [0, 0.05) is 25.8 Å². The number of nitrogens with two attached hydrogens (primary N) is 1. The van der Waals surface area contributed by atoms with E-state index in [9.17, 15) is 4.79 Å². The van der Waals surface area contributed by atoms with Gasteiger partial charge in [-0.15, -0.1) is 0 Å². The Hall–Kier alpha value is -0.610. The highest BCUT2D eigenvalue weighted by Crippen LogP contribution is 2.30. The predicted octanol–water partition coefficient (Wildman–Crippen LogP) is 2.46. The maximum Gasteiger partial charge on any atom is 0.227 e. The largest absolute Gasteiger partial charge is 0.381 e. The highest BCUT2D eigenvalue weighted by Gasteiger charge is 2.36. The molecule has 0 bridgehead atoms. The Morgan fingerprint density at radius 3 is 2.30 bits per heavy atom. The van der Waals surface area contributed by atoms with Crippen LogP contribution in [0.5, 0.6) is 0 Å². The van der Waals surface area contributed by atoms with Crippen LogP contribution in [0, 0.1) is 11.3 Å². The van der Waals surface area contributed by atoms with E-state index in [-0.39, 0.29) is 17.4 Å². The summed E-state index contributed by atoms with van der Waals surface area (Å²) < 4.78 is 5.39. The number of hydrogen-bond donors (Lipinski definition) is 2. The van der Waals surface area contributed by atoms with E-state index in [2.05, 4.69) is 26.1 Å². The van der Waals surface area contributed by atoms with Crippen molar-refractivity contribution in [1.82, 2.24) is 5.32 Å². The van der Waals surface area contributed by atoms with Gasteiger partial charge in [-0.2, -0.15) is 0 Å². The Labute approximate surface area is 123 Å². The van der Waals surface area contributed by atoms with Crippen LogP contribution in [-0.2, 0) is 9.53 Å². The van der Waals surface area contributed by atoms with Gasteiger partial charge in [0.2, 0.25) is 5.91 Å². The van der Waals surface area contributed by atoms with Crippen LogP contribution < -0.4 is 11.1 Å². The molecule has 1 atom stereocenters. The van der Waals surface area contributed by atoms with Gasteiger partial charge < -0.3 is 15.8 Å². The lowest BCUT2D eigenvalue weighted by Crippen LogP contribution is -2.50.